The van der Waals surface area contributed by atoms with Crippen molar-refractivity contribution in [2.24, 2.45) is 0 Å². The van der Waals surface area contributed by atoms with E-state index in [4.69, 9.17) is 0 Å². The van der Waals surface area contributed by atoms with E-state index >= 15 is 0 Å². The predicted molar refractivity (Wildman–Crippen MR) is 92.6 cm³/mol. The van der Waals surface area contributed by atoms with Crippen LogP contribution in [0.1, 0.15) is 23.2 Å². The van der Waals surface area contributed by atoms with Crippen LogP contribution >= 0.6 is 0 Å². The zero-order chi connectivity index (χ0) is 16.1. The number of amides is 1. The molecule has 0 aliphatic carbocycles. The van der Waals surface area contributed by atoms with Gasteiger partial charge in [-0.05, 0) is 11.5 Å². The molecule has 0 saturated carbocycles. The van der Waals surface area contributed by atoms with Crippen LogP contribution in [-0.2, 0) is 4.79 Å². The second-order valence-electron chi connectivity index (χ2n) is 5.36. The standard InChI is InChI=1S/C20H17NO2/c22-19(16-8-2-1-3-9-16)13-14-20(23)21-18-12-6-10-15-7-4-5-11-17(15)18/h1-12H,13-14H2,(H,21,23). The monoisotopic (exact) mass is 303 g/mol. The van der Waals surface area contributed by atoms with E-state index in [0.717, 1.165) is 16.5 Å². The van der Waals surface area contributed by atoms with Crippen molar-refractivity contribution >= 4 is 28.2 Å². The van der Waals surface area contributed by atoms with Gasteiger partial charge in [0.25, 0.3) is 0 Å². The highest BCUT2D eigenvalue weighted by Crippen LogP contribution is 2.23. The lowest BCUT2D eigenvalue weighted by molar-refractivity contribution is -0.116. The van der Waals surface area contributed by atoms with Gasteiger partial charge in [0.1, 0.15) is 0 Å². The Morgan fingerprint density at radius 1 is 0.739 bits per heavy atom. The molecule has 23 heavy (non-hydrogen) atoms. The van der Waals surface area contributed by atoms with Crippen LogP contribution in [-0.4, -0.2) is 11.7 Å². The van der Waals surface area contributed by atoms with E-state index in [-0.39, 0.29) is 24.5 Å². The highest BCUT2D eigenvalue weighted by atomic mass is 16.2. The van der Waals surface area contributed by atoms with Gasteiger partial charge in [-0.15, -0.1) is 0 Å². The van der Waals surface area contributed by atoms with Gasteiger partial charge in [-0.1, -0.05) is 66.7 Å². The van der Waals surface area contributed by atoms with Gasteiger partial charge in [0.2, 0.25) is 5.91 Å². The van der Waals surface area contributed by atoms with Crippen molar-refractivity contribution in [3.8, 4) is 0 Å². The molecule has 0 aromatic heterocycles. The molecule has 1 amide bonds. The average Bonchev–Trinajstić information content (AvgIpc) is 2.61. The maximum Gasteiger partial charge on any atom is 0.224 e. The molecule has 0 aliphatic rings. The van der Waals surface area contributed by atoms with Gasteiger partial charge < -0.3 is 5.32 Å². The molecule has 0 unspecified atom stereocenters. The molecule has 3 aromatic carbocycles. The maximum atomic E-state index is 12.1. The molecule has 3 heteroatoms. The minimum Gasteiger partial charge on any atom is -0.326 e. The first-order valence-electron chi connectivity index (χ1n) is 7.60. The highest BCUT2D eigenvalue weighted by molar-refractivity contribution is 6.04. The number of hydrogen-bond donors (Lipinski definition) is 1. The van der Waals surface area contributed by atoms with Gasteiger partial charge in [-0.3, -0.25) is 9.59 Å². The quantitative estimate of drug-likeness (QED) is 0.708. The van der Waals surface area contributed by atoms with Crippen LogP contribution in [0.2, 0.25) is 0 Å². The molecule has 1 N–H and O–H groups in total. The first kappa shape index (κ1) is 15.0. The lowest BCUT2D eigenvalue weighted by Gasteiger charge is -2.08. The molecular weight excluding hydrogens is 286 g/mol. The summed E-state index contributed by atoms with van der Waals surface area (Å²) in [5.74, 6) is -0.163. The molecule has 0 aliphatic heterocycles. The number of nitrogens with one attached hydrogen (secondary N) is 1. The summed E-state index contributed by atoms with van der Waals surface area (Å²) in [5, 5.41) is 4.97. The van der Waals surface area contributed by atoms with Crippen LogP contribution in [0.15, 0.2) is 72.8 Å². The minimum atomic E-state index is -0.148. The maximum absolute atomic E-state index is 12.1. The van der Waals surface area contributed by atoms with Crippen molar-refractivity contribution in [3.05, 3.63) is 78.4 Å². The summed E-state index contributed by atoms with van der Waals surface area (Å²) in [5.41, 5.74) is 1.42. The van der Waals surface area contributed by atoms with Crippen molar-refractivity contribution in [2.75, 3.05) is 5.32 Å². The second-order valence-corrected chi connectivity index (χ2v) is 5.36. The molecule has 0 saturated heterocycles. The summed E-state index contributed by atoms with van der Waals surface area (Å²) in [6.45, 7) is 0. The van der Waals surface area contributed by atoms with E-state index in [2.05, 4.69) is 5.32 Å². The Hall–Kier alpha value is -2.94. The number of fused-ring (bicyclic) bond motifs is 1. The Labute approximate surface area is 135 Å². The fourth-order valence-electron chi connectivity index (χ4n) is 2.54. The molecule has 0 bridgehead atoms. The first-order chi connectivity index (χ1) is 11.2. The molecule has 3 rings (SSSR count). The Balaban J connectivity index is 1.64. The zero-order valence-corrected chi connectivity index (χ0v) is 12.7. The third kappa shape index (κ3) is 3.64. The Kier molecular flexibility index (Phi) is 4.48. The normalized spacial score (nSPS) is 10.4. The van der Waals surface area contributed by atoms with Crippen LogP contribution < -0.4 is 5.32 Å². The number of ketones is 1. The number of anilines is 1. The number of rotatable bonds is 5. The van der Waals surface area contributed by atoms with Gasteiger partial charge in [0.15, 0.2) is 5.78 Å². The molecule has 0 heterocycles. The summed E-state index contributed by atoms with van der Waals surface area (Å²) in [6.07, 6.45) is 0.386. The van der Waals surface area contributed by atoms with Crippen LogP contribution in [0.5, 0.6) is 0 Å². The van der Waals surface area contributed by atoms with Crippen molar-refractivity contribution in [1.82, 2.24) is 0 Å². The van der Waals surface area contributed by atoms with Crippen LogP contribution in [0.4, 0.5) is 5.69 Å². The third-order valence-corrected chi connectivity index (χ3v) is 3.74. The third-order valence-electron chi connectivity index (χ3n) is 3.74. The number of carbonyl (C=O) groups is 2. The van der Waals surface area contributed by atoms with E-state index in [1.54, 1.807) is 12.1 Å². The van der Waals surface area contributed by atoms with E-state index < -0.39 is 0 Å². The smallest absolute Gasteiger partial charge is 0.224 e. The van der Waals surface area contributed by atoms with Crippen LogP contribution in [0, 0.1) is 0 Å². The van der Waals surface area contributed by atoms with Gasteiger partial charge in [0, 0.05) is 29.5 Å². The van der Waals surface area contributed by atoms with Gasteiger partial charge in [-0.2, -0.15) is 0 Å². The summed E-state index contributed by atoms with van der Waals surface area (Å²) < 4.78 is 0. The molecule has 0 atom stereocenters. The van der Waals surface area contributed by atoms with E-state index in [1.165, 1.54) is 0 Å². The molecule has 0 spiro atoms. The number of carbonyl (C=O) groups excluding carboxylic acids is 2. The van der Waals surface area contributed by atoms with Crippen molar-refractivity contribution in [3.63, 3.8) is 0 Å². The predicted octanol–water partition coefficient (Wildman–Crippen LogP) is 4.44. The lowest BCUT2D eigenvalue weighted by atomic mass is 10.1. The summed E-state index contributed by atoms with van der Waals surface area (Å²) in [6, 6.07) is 22.7. The molecule has 3 nitrogen and oxygen atoms in total. The van der Waals surface area contributed by atoms with Crippen LogP contribution in [0.3, 0.4) is 0 Å². The number of benzene rings is 3. The van der Waals surface area contributed by atoms with Gasteiger partial charge >= 0.3 is 0 Å². The fraction of sp³-hybridized carbons (Fsp3) is 0.100. The van der Waals surface area contributed by atoms with E-state index in [0.29, 0.717) is 5.56 Å². The van der Waals surface area contributed by atoms with Gasteiger partial charge in [0.05, 0.1) is 0 Å². The van der Waals surface area contributed by atoms with Crippen LogP contribution in [0.25, 0.3) is 10.8 Å². The zero-order valence-electron chi connectivity index (χ0n) is 12.7. The number of Topliss-reactive ketones (excluding diaryl/α,β-unsaturated/α-hetero) is 1. The molecular formula is C20H17NO2. The van der Waals surface area contributed by atoms with E-state index in [9.17, 15) is 9.59 Å². The topological polar surface area (TPSA) is 46.2 Å². The number of hydrogen-bond acceptors (Lipinski definition) is 2. The SMILES string of the molecule is O=C(CCC(=O)c1ccccc1)Nc1cccc2ccccc12. The average molecular weight is 303 g/mol. The first-order valence-corrected chi connectivity index (χ1v) is 7.60. The van der Waals surface area contributed by atoms with Crippen molar-refractivity contribution in [1.29, 1.82) is 0 Å². The summed E-state index contributed by atoms with van der Waals surface area (Å²) >= 11 is 0. The fourth-order valence-corrected chi connectivity index (χ4v) is 2.54. The largest absolute Gasteiger partial charge is 0.326 e. The van der Waals surface area contributed by atoms with E-state index in [1.807, 2.05) is 60.7 Å². The lowest BCUT2D eigenvalue weighted by Crippen LogP contribution is -2.13. The van der Waals surface area contributed by atoms with Crippen molar-refractivity contribution < 1.29 is 9.59 Å². The highest BCUT2D eigenvalue weighted by Gasteiger charge is 2.10. The summed E-state index contributed by atoms with van der Waals surface area (Å²) in [4.78, 5) is 24.2. The second kappa shape index (κ2) is 6.88. The molecule has 0 fully saturated rings. The molecule has 3 aromatic rings. The Morgan fingerprint density at radius 3 is 2.26 bits per heavy atom. The minimum absolute atomic E-state index is 0.0151. The Bertz CT molecular complexity index is 835. The molecule has 114 valence electrons. The molecule has 0 radical (unpaired) electrons. The van der Waals surface area contributed by atoms with Crippen molar-refractivity contribution in [2.45, 2.75) is 12.8 Å². The summed E-state index contributed by atoms with van der Waals surface area (Å²) in [7, 11) is 0. The van der Waals surface area contributed by atoms with Gasteiger partial charge in [-0.25, -0.2) is 0 Å². The Morgan fingerprint density at radius 2 is 1.43 bits per heavy atom.